The third kappa shape index (κ3) is 1.36. The molecule has 1 unspecified atom stereocenters. The molecule has 0 spiro atoms. The number of nitrogens with zero attached hydrogens (tertiary/aromatic N) is 2. The second kappa shape index (κ2) is 3.39. The van der Waals surface area contributed by atoms with Gasteiger partial charge >= 0.3 is 0 Å². The zero-order chi connectivity index (χ0) is 10.2. The van der Waals surface area contributed by atoms with Crippen LogP contribution in [-0.2, 0) is 12.6 Å². The molecular formula is C11H19N3. The minimum Gasteiger partial charge on any atom is -0.307 e. The summed E-state index contributed by atoms with van der Waals surface area (Å²) in [6.45, 7) is 5.50. The van der Waals surface area contributed by atoms with Crippen LogP contribution in [0.1, 0.15) is 37.4 Å². The predicted molar refractivity (Wildman–Crippen MR) is 57.2 cm³/mol. The van der Waals surface area contributed by atoms with Crippen molar-refractivity contribution in [2.24, 2.45) is 7.05 Å². The number of hydrogen-bond donors (Lipinski definition) is 1. The van der Waals surface area contributed by atoms with Crippen LogP contribution in [0.5, 0.6) is 0 Å². The molecule has 0 saturated carbocycles. The number of hydrogen-bond acceptors (Lipinski definition) is 2. The van der Waals surface area contributed by atoms with E-state index in [1.165, 1.54) is 24.1 Å². The molecule has 14 heavy (non-hydrogen) atoms. The van der Waals surface area contributed by atoms with Gasteiger partial charge in [0.1, 0.15) is 0 Å². The van der Waals surface area contributed by atoms with E-state index in [2.05, 4.69) is 30.5 Å². The third-order valence-electron chi connectivity index (χ3n) is 3.38. The number of rotatable bonds is 2. The van der Waals surface area contributed by atoms with Gasteiger partial charge < -0.3 is 5.32 Å². The molecule has 1 aromatic heterocycles. The van der Waals surface area contributed by atoms with Crippen LogP contribution in [0.25, 0.3) is 0 Å². The Balaban J connectivity index is 2.40. The van der Waals surface area contributed by atoms with Crippen molar-refractivity contribution in [2.75, 3.05) is 6.54 Å². The highest BCUT2D eigenvalue weighted by Gasteiger charge is 2.35. The Morgan fingerprint density at radius 1 is 1.64 bits per heavy atom. The SMILES string of the molecule is CCC1(c2cn(C)nc2C)CCCN1. The summed E-state index contributed by atoms with van der Waals surface area (Å²) in [6.07, 6.45) is 5.84. The van der Waals surface area contributed by atoms with Gasteiger partial charge in [-0.2, -0.15) is 5.10 Å². The smallest absolute Gasteiger partial charge is 0.0644 e. The molecule has 3 nitrogen and oxygen atoms in total. The van der Waals surface area contributed by atoms with Crippen LogP contribution < -0.4 is 5.32 Å². The second-order valence-corrected chi connectivity index (χ2v) is 4.27. The quantitative estimate of drug-likeness (QED) is 0.775. The predicted octanol–water partition coefficient (Wildman–Crippen LogP) is 1.72. The zero-order valence-corrected chi connectivity index (χ0v) is 9.30. The number of nitrogens with one attached hydrogen (secondary N) is 1. The summed E-state index contributed by atoms with van der Waals surface area (Å²) < 4.78 is 1.92. The molecule has 0 bridgehead atoms. The van der Waals surface area contributed by atoms with Crippen LogP contribution >= 0.6 is 0 Å². The summed E-state index contributed by atoms with van der Waals surface area (Å²) >= 11 is 0. The van der Waals surface area contributed by atoms with Crippen LogP contribution in [0.2, 0.25) is 0 Å². The lowest BCUT2D eigenvalue weighted by Crippen LogP contribution is -2.36. The highest BCUT2D eigenvalue weighted by molar-refractivity contribution is 5.27. The molecule has 1 saturated heterocycles. The zero-order valence-electron chi connectivity index (χ0n) is 9.30. The fourth-order valence-corrected chi connectivity index (χ4v) is 2.60. The van der Waals surface area contributed by atoms with Crippen LogP contribution in [0.3, 0.4) is 0 Å². The van der Waals surface area contributed by atoms with Gasteiger partial charge in [-0.15, -0.1) is 0 Å². The van der Waals surface area contributed by atoms with Crippen molar-refractivity contribution < 1.29 is 0 Å². The molecule has 0 aromatic carbocycles. The lowest BCUT2D eigenvalue weighted by molar-refractivity contribution is 0.374. The fraction of sp³-hybridized carbons (Fsp3) is 0.727. The number of aryl methyl sites for hydroxylation is 2. The molecule has 2 heterocycles. The Morgan fingerprint density at radius 3 is 2.86 bits per heavy atom. The summed E-state index contributed by atoms with van der Waals surface area (Å²) in [5, 5.41) is 8.06. The van der Waals surface area contributed by atoms with Crippen molar-refractivity contribution in [1.29, 1.82) is 0 Å². The van der Waals surface area contributed by atoms with Crippen molar-refractivity contribution in [3.05, 3.63) is 17.5 Å². The van der Waals surface area contributed by atoms with E-state index in [1.807, 2.05) is 11.7 Å². The highest BCUT2D eigenvalue weighted by Crippen LogP contribution is 2.35. The van der Waals surface area contributed by atoms with Crippen LogP contribution in [-0.4, -0.2) is 16.3 Å². The lowest BCUT2D eigenvalue weighted by atomic mass is 9.86. The van der Waals surface area contributed by atoms with E-state index in [0.29, 0.717) is 0 Å². The van der Waals surface area contributed by atoms with Gasteiger partial charge in [-0.25, -0.2) is 0 Å². The maximum absolute atomic E-state index is 4.43. The first kappa shape index (κ1) is 9.71. The molecular weight excluding hydrogens is 174 g/mol. The van der Waals surface area contributed by atoms with Gasteiger partial charge in [-0.05, 0) is 32.7 Å². The van der Waals surface area contributed by atoms with Gasteiger partial charge in [0.05, 0.1) is 5.69 Å². The lowest BCUT2D eigenvalue weighted by Gasteiger charge is -2.27. The molecule has 78 valence electrons. The van der Waals surface area contributed by atoms with E-state index in [0.717, 1.165) is 13.0 Å². The molecule has 3 heteroatoms. The van der Waals surface area contributed by atoms with E-state index in [-0.39, 0.29) is 5.54 Å². The topological polar surface area (TPSA) is 29.9 Å². The van der Waals surface area contributed by atoms with Gasteiger partial charge in [0.15, 0.2) is 0 Å². The van der Waals surface area contributed by atoms with Gasteiger partial charge in [-0.1, -0.05) is 6.92 Å². The van der Waals surface area contributed by atoms with Gasteiger partial charge in [0.2, 0.25) is 0 Å². The summed E-state index contributed by atoms with van der Waals surface area (Å²) in [4.78, 5) is 0. The first-order chi connectivity index (χ1) is 6.68. The molecule has 0 amide bonds. The van der Waals surface area contributed by atoms with E-state index in [1.54, 1.807) is 0 Å². The molecule has 0 radical (unpaired) electrons. The Kier molecular flexibility index (Phi) is 2.35. The molecule has 1 aliphatic heterocycles. The molecule has 0 aliphatic carbocycles. The minimum absolute atomic E-state index is 0.207. The molecule has 1 N–H and O–H groups in total. The normalized spacial score (nSPS) is 27.1. The van der Waals surface area contributed by atoms with Crippen molar-refractivity contribution in [3.8, 4) is 0 Å². The van der Waals surface area contributed by atoms with Crippen LogP contribution in [0.4, 0.5) is 0 Å². The van der Waals surface area contributed by atoms with Crippen LogP contribution in [0, 0.1) is 6.92 Å². The maximum Gasteiger partial charge on any atom is 0.0644 e. The van der Waals surface area contributed by atoms with Crippen LogP contribution in [0.15, 0.2) is 6.20 Å². The van der Waals surface area contributed by atoms with Gasteiger partial charge in [0.25, 0.3) is 0 Å². The second-order valence-electron chi connectivity index (χ2n) is 4.27. The third-order valence-corrected chi connectivity index (χ3v) is 3.38. The summed E-state index contributed by atoms with van der Waals surface area (Å²) in [5.74, 6) is 0. The van der Waals surface area contributed by atoms with Crippen molar-refractivity contribution in [1.82, 2.24) is 15.1 Å². The molecule has 2 rings (SSSR count). The molecule has 1 aliphatic rings. The molecule has 1 aromatic rings. The molecule has 1 atom stereocenters. The fourth-order valence-electron chi connectivity index (χ4n) is 2.60. The first-order valence-corrected chi connectivity index (χ1v) is 5.44. The standard InChI is InChI=1S/C11H19N3/c1-4-11(6-5-7-12-11)10-8-14(3)13-9(10)2/h8,12H,4-7H2,1-3H3. The Hall–Kier alpha value is -0.830. The van der Waals surface area contributed by atoms with Gasteiger partial charge in [-0.3, -0.25) is 4.68 Å². The van der Waals surface area contributed by atoms with E-state index in [9.17, 15) is 0 Å². The Morgan fingerprint density at radius 2 is 2.43 bits per heavy atom. The van der Waals surface area contributed by atoms with E-state index < -0.39 is 0 Å². The van der Waals surface area contributed by atoms with Crippen molar-refractivity contribution in [3.63, 3.8) is 0 Å². The maximum atomic E-state index is 4.43. The summed E-state index contributed by atoms with van der Waals surface area (Å²) in [6, 6.07) is 0. The highest BCUT2D eigenvalue weighted by atomic mass is 15.3. The summed E-state index contributed by atoms with van der Waals surface area (Å²) in [5.41, 5.74) is 2.77. The Labute approximate surface area is 85.5 Å². The Bertz CT molecular complexity index is 321. The number of aromatic nitrogens is 2. The molecule has 1 fully saturated rings. The van der Waals surface area contributed by atoms with Crippen molar-refractivity contribution >= 4 is 0 Å². The van der Waals surface area contributed by atoms with E-state index in [4.69, 9.17) is 0 Å². The average Bonchev–Trinajstić information content (AvgIpc) is 2.73. The average molecular weight is 193 g/mol. The van der Waals surface area contributed by atoms with Crippen molar-refractivity contribution in [2.45, 2.75) is 38.6 Å². The minimum atomic E-state index is 0.207. The monoisotopic (exact) mass is 193 g/mol. The van der Waals surface area contributed by atoms with E-state index >= 15 is 0 Å². The largest absolute Gasteiger partial charge is 0.307 e. The first-order valence-electron chi connectivity index (χ1n) is 5.44. The summed E-state index contributed by atoms with van der Waals surface area (Å²) in [7, 11) is 1.99. The van der Waals surface area contributed by atoms with Gasteiger partial charge in [0, 0.05) is 24.3 Å².